The number of alkyl halides is 1. The average Bonchev–Trinajstić information content (AvgIpc) is 2.80. The van der Waals surface area contributed by atoms with Crippen LogP contribution >= 0.6 is 0 Å². The molecule has 0 N–H and O–H groups in total. The maximum Gasteiger partial charge on any atom is 0.348 e. The van der Waals surface area contributed by atoms with Gasteiger partial charge < -0.3 is 4.74 Å². The molecule has 0 bridgehead atoms. The number of rotatable bonds is 10. The van der Waals surface area contributed by atoms with E-state index in [-0.39, 0.29) is 6.42 Å². The van der Waals surface area contributed by atoms with Gasteiger partial charge in [0.15, 0.2) is 5.82 Å². The van der Waals surface area contributed by atoms with E-state index >= 15 is 0 Å². The standard InChI is InChI=1S/C27H31FN2O2/c1-4-6-7-8-20-9-11-22(12-10-20)25-29-18-23(19-30-25)21-13-15-24(16-14-21)32-26(31)27(3,28)17-5-2/h9-16,18-19H,4-8,17H2,1-3H3. The van der Waals surface area contributed by atoms with Crippen molar-refractivity contribution in [1.82, 2.24) is 9.97 Å². The Morgan fingerprint density at radius 2 is 1.50 bits per heavy atom. The molecule has 0 spiro atoms. The fourth-order valence-electron chi connectivity index (χ4n) is 3.53. The van der Waals surface area contributed by atoms with E-state index in [1.807, 2.05) is 19.1 Å². The molecule has 1 aromatic heterocycles. The predicted octanol–water partition coefficient (Wildman–Crippen LogP) is 6.98. The van der Waals surface area contributed by atoms with Crippen molar-refractivity contribution in [2.75, 3.05) is 0 Å². The highest BCUT2D eigenvalue weighted by Crippen LogP contribution is 2.25. The third kappa shape index (κ3) is 6.22. The molecule has 32 heavy (non-hydrogen) atoms. The summed E-state index contributed by atoms with van der Waals surface area (Å²) in [5.41, 5.74) is 2.08. The van der Waals surface area contributed by atoms with Crippen molar-refractivity contribution < 1.29 is 13.9 Å². The maximum absolute atomic E-state index is 14.3. The third-order valence-corrected chi connectivity index (χ3v) is 5.48. The molecular weight excluding hydrogens is 403 g/mol. The molecule has 0 aliphatic heterocycles. The van der Waals surface area contributed by atoms with Crippen LogP contribution in [-0.4, -0.2) is 21.6 Å². The van der Waals surface area contributed by atoms with Crippen LogP contribution in [0.25, 0.3) is 22.5 Å². The normalized spacial score (nSPS) is 12.9. The molecular formula is C27H31FN2O2. The number of carbonyl (C=O) groups excluding carboxylic acids is 1. The van der Waals surface area contributed by atoms with Crippen LogP contribution in [0.5, 0.6) is 5.75 Å². The van der Waals surface area contributed by atoms with Gasteiger partial charge in [-0.3, -0.25) is 0 Å². The highest BCUT2D eigenvalue weighted by atomic mass is 19.1. The number of carbonyl (C=O) groups is 1. The first kappa shape index (κ1) is 23.6. The number of aromatic nitrogens is 2. The quantitative estimate of drug-likeness (QED) is 0.196. The second-order valence-electron chi connectivity index (χ2n) is 8.31. The fraction of sp³-hybridized carbons (Fsp3) is 0.370. The summed E-state index contributed by atoms with van der Waals surface area (Å²) in [6.45, 7) is 5.30. The molecule has 168 valence electrons. The van der Waals surface area contributed by atoms with Crippen LogP contribution in [0.1, 0.15) is 58.4 Å². The van der Waals surface area contributed by atoms with Crippen LogP contribution in [0.4, 0.5) is 4.39 Å². The van der Waals surface area contributed by atoms with Crippen molar-refractivity contribution in [3.8, 4) is 28.3 Å². The van der Waals surface area contributed by atoms with E-state index in [1.54, 1.807) is 24.5 Å². The molecule has 0 saturated carbocycles. The maximum atomic E-state index is 14.3. The Labute approximate surface area is 189 Å². The van der Waals surface area contributed by atoms with Gasteiger partial charge in [0.05, 0.1) is 0 Å². The molecule has 3 rings (SSSR count). The van der Waals surface area contributed by atoms with Gasteiger partial charge in [-0.05, 0) is 49.4 Å². The molecule has 1 atom stereocenters. The average molecular weight is 435 g/mol. The van der Waals surface area contributed by atoms with Crippen LogP contribution in [0.15, 0.2) is 60.9 Å². The highest BCUT2D eigenvalue weighted by molar-refractivity contribution is 5.81. The molecule has 0 radical (unpaired) electrons. The molecule has 0 saturated heterocycles. The summed E-state index contributed by atoms with van der Waals surface area (Å²) in [6.07, 6.45) is 9.05. The summed E-state index contributed by atoms with van der Waals surface area (Å²) in [5, 5.41) is 0. The van der Waals surface area contributed by atoms with Crippen LogP contribution in [0, 0.1) is 0 Å². The summed E-state index contributed by atoms with van der Waals surface area (Å²) in [4.78, 5) is 21.0. The topological polar surface area (TPSA) is 52.1 Å². The highest BCUT2D eigenvalue weighted by Gasteiger charge is 2.34. The van der Waals surface area contributed by atoms with E-state index in [0.29, 0.717) is 18.0 Å². The Balaban J connectivity index is 1.64. The second kappa shape index (κ2) is 11.0. The summed E-state index contributed by atoms with van der Waals surface area (Å²) in [7, 11) is 0. The summed E-state index contributed by atoms with van der Waals surface area (Å²) in [5.74, 6) is 0.129. The molecule has 0 fully saturated rings. The van der Waals surface area contributed by atoms with Gasteiger partial charge in [0.2, 0.25) is 5.67 Å². The van der Waals surface area contributed by atoms with Gasteiger partial charge in [0.1, 0.15) is 5.75 Å². The lowest BCUT2D eigenvalue weighted by Gasteiger charge is -2.17. The smallest absolute Gasteiger partial charge is 0.348 e. The lowest BCUT2D eigenvalue weighted by Crippen LogP contribution is -2.34. The Bertz CT molecular complexity index is 997. The minimum atomic E-state index is -1.98. The number of benzene rings is 2. The molecule has 3 aromatic rings. The Morgan fingerprint density at radius 3 is 2.09 bits per heavy atom. The summed E-state index contributed by atoms with van der Waals surface area (Å²) < 4.78 is 19.5. The zero-order chi connectivity index (χ0) is 23.0. The van der Waals surface area contributed by atoms with E-state index in [2.05, 4.69) is 41.2 Å². The first-order valence-electron chi connectivity index (χ1n) is 11.4. The van der Waals surface area contributed by atoms with Gasteiger partial charge in [-0.15, -0.1) is 0 Å². The van der Waals surface area contributed by atoms with Crippen molar-refractivity contribution in [1.29, 1.82) is 0 Å². The molecule has 4 nitrogen and oxygen atoms in total. The van der Waals surface area contributed by atoms with E-state index in [9.17, 15) is 9.18 Å². The van der Waals surface area contributed by atoms with E-state index in [0.717, 1.165) is 23.1 Å². The SMILES string of the molecule is CCCCCc1ccc(-c2ncc(-c3ccc(OC(=O)C(C)(F)CCC)cc3)cn2)cc1. The first-order valence-corrected chi connectivity index (χ1v) is 11.4. The molecule has 0 amide bonds. The molecule has 1 heterocycles. The largest absolute Gasteiger partial charge is 0.424 e. The number of esters is 1. The Kier molecular flexibility index (Phi) is 8.09. The number of hydrogen-bond donors (Lipinski definition) is 0. The molecule has 1 unspecified atom stereocenters. The van der Waals surface area contributed by atoms with Gasteiger partial charge in [0, 0.05) is 23.5 Å². The minimum absolute atomic E-state index is 0.134. The number of nitrogens with zero attached hydrogens (tertiary/aromatic N) is 2. The monoisotopic (exact) mass is 434 g/mol. The molecule has 2 aromatic carbocycles. The number of ether oxygens (including phenoxy) is 1. The van der Waals surface area contributed by atoms with Crippen molar-refractivity contribution in [2.24, 2.45) is 0 Å². The van der Waals surface area contributed by atoms with Gasteiger partial charge in [-0.25, -0.2) is 19.2 Å². The Morgan fingerprint density at radius 1 is 0.875 bits per heavy atom. The van der Waals surface area contributed by atoms with Crippen LogP contribution < -0.4 is 4.74 Å². The van der Waals surface area contributed by atoms with Gasteiger partial charge in [-0.1, -0.05) is 69.5 Å². The van der Waals surface area contributed by atoms with Gasteiger partial charge in [-0.2, -0.15) is 0 Å². The van der Waals surface area contributed by atoms with E-state index < -0.39 is 11.6 Å². The lowest BCUT2D eigenvalue weighted by atomic mass is 10.0. The number of aryl methyl sites for hydroxylation is 1. The van der Waals surface area contributed by atoms with E-state index in [4.69, 9.17) is 4.74 Å². The zero-order valence-corrected chi connectivity index (χ0v) is 19.1. The van der Waals surface area contributed by atoms with Crippen LogP contribution in [0.3, 0.4) is 0 Å². The lowest BCUT2D eigenvalue weighted by molar-refractivity contribution is -0.147. The number of hydrogen-bond acceptors (Lipinski definition) is 4. The van der Waals surface area contributed by atoms with Gasteiger partial charge in [0.25, 0.3) is 0 Å². The van der Waals surface area contributed by atoms with Crippen molar-refractivity contribution in [2.45, 2.75) is 65.0 Å². The second-order valence-corrected chi connectivity index (χ2v) is 8.31. The van der Waals surface area contributed by atoms with Crippen molar-refractivity contribution in [3.63, 3.8) is 0 Å². The van der Waals surface area contributed by atoms with Crippen LogP contribution in [-0.2, 0) is 11.2 Å². The van der Waals surface area contributed by atoms with Gasteiger partial charge >= 0.3 is 5.97 Å². The predicted molar refractivity (Wildman–Crippen MR) is 126 cm³/mol. The number of halogens is 1. The summed E-state index contributed by atoms with van der Waals surface area (Å²) in [6, 6.07) is 15.3. The zero-order valence-electron chi connectivity index (χ0n) is 19.1. The third-order valence-electron chi connectivity index (χ3n) is 5.48. The first-order chi connectivity index (χ1) is 15.4. The molecule has 0 aliphatic carbocycles. The van der Waals surface area contributed by atoms with Crippen molar-refractivity contribution in [3.05, 3.63) is 66.5 Å². The van der Waals surface area contributed by atoms with Crippen molar-refractivity contribution >= 4 is 5.97 Å². The summed E-state index contributed by atoms with van der Waals surface area (Å²) >= 11 is 0. The minimum Gasteiger partial charge on any atom is -0.424 e. The molecule has 0 aliphatic rings. The molecule has 5 heteroatoms. The number of unbranched alkanes of at least 4 members (excludes halogenated alkanes) is 2. The van der Waals surface area contributed by atoms with E-state index in [1.165, 1.54) is 31.7 Å². The Hall–Kier alpha value is -3.08. The van der Waals surface area contributed by atoms with Crippen LogP contribution in [0.2, 0.25) is 0 Å². The fourth-order valence-corrected chi connectivity index (χ4v) is 3.53.